The van der Waals surface area contributed by atoms with Gasteiger partial charge in [-0.1, -0.05) is 0 Å². The van der Waals surface area contributed by atoms with Gasteiger partial charge in [-0.05, 0) is 44.4 Å². The van der Waals surface area contributed by atoms with Crippen LogP contribution in [0.3, 0.4) is 0 Å². The van der Waals surface area contributed by atoms with Gasteiger partial charge >= 0.3 is 5.97 Å². The molecule has 4 heteroatoms. The van der Waals surface area contributed by atoms with Crippen LogP contribution in [0.15, 0.2) is 29.2 Å². The number of thioether (sulfide) groups is 1. The summed E-state index contributed by atoms with van der Waals surface area (Å²) < 4.78 is 0. The number of aliphatic carboxylic acids is 1. The molecule has 0 saturated heterocycles. The minimum absolute atomic E-state index is 0.0855. The maximum Gasteiger partial charge on any atom is 0.308 e. The van der Waals surface area contributed by atoms with E-state index >= 15 is 0 Å². The van der Waals surface area contributed by atoms with E-state index in [-0.39, 0.29) is 6.04 Å². The Morgan fingerprint density at radius 3 is 2.31 bits per heavy atom. The summed E-state index contributed by atoms with van der Waals surface area (Å²) in [6, 6.07) is 7.89. The van der Waals surface area contributed by atoms with Crippen LogP contribution in [0.2, 0.25) is 0 Å². The molecule has 0 fully saturated rings. The van der Waals surface area contributed by atoms with Crippen molar-refractivity contribution in [3.8, 4) is 0 Å². The first-order valence-corrected chi connectivity index (χ1v) is 6.40. The maximum atomic E-state index is 10.8. The number of carboxylic acids is 1. The molecule has 0 aromatic heterocycles. The van der Waals surface area contributed by atoms with Crippen molar-refractivity contribution in [3.63, 3.8) is 0 Å². The van der Waals surface area contributed by atoms with Gasteiger partial charge in [0.15, 0.2) is 0 Å². The highest BCUT2D eigenvalue weighted by Gasteiger charge is 2.18. The fraction of sp³-hybridized carbons (Fsp3) is 0.417. The molecular weight excluding hydrogens is 222 g/mol. The van der Waals surface area contributed by atoms with Crippen molar-refractivity contribution >= 4 is 23.4 Å². The Morgan fingerprint density at radius 1 is 1.31 bits per heavy atom. The van der Waals surface area contributed by atoms with Crippen molar-refractivity contribution in [3.05, 3.63) is 24.3 Å². The van der Waals surface area contributed by atoms with Crippen molar-refractivity contribution in [1.82, 2.24) is 0 Å². The number of carboxylic acid groups (broad SMARTS) is 1. The van der Waals surface area contributed by atoms with Gasteiger partial charge in [-0.2, -0.15) is 0 Å². The second kappa shape index (κ2) is 5.80. The monoisotopic (exact) mass is 239 g/mol. The van der Waals surface area contributed by atoms with Crippen LogP contribution in [0.25, 0.3) is 0 Å². The van der Waals surface area contributed by atoms with Crippen LogP contribution in [0.1, 0.15) is 13.8 Å². The lowest BCUT2D eigenvalue weighted by Crippen LogP contribution is -2.29. The third kappa shape index (κ3) is 3.45. The van der Waals surface area contributed by atoms with E-state index in [0.717, 1.165) is 5.69 Å². The number of rotatable bonds is 5. The zero-order chi connectivity index (χ0) is 12.1. The summed E-state index contributed by atoms with van der Waals surface area (Å²) in [5.41, 5.74) is 0.957. The summed E-state index contributed by atoms with van der Waals surface area (Å²) in [6.45, 7) is 3.58. The molecule has 88 valence electrons. The molecular formula is C12H17NO2S. The molecule has 0 heterocycles. The van der Waals surface area contributed by atoms with E-state index in [4.69, 9.17) is 5.11 Å². The Balaban J connectivity index is 2.62. The van der Waals surface area contributed by atoms with Gasteiger partial charge < -0.3 is 10.4 Å². The van der Waals surface area contributed by atoms with E-state index in [1.807, 2.05) is 37.4 Å². The zero-order valence-electron chi connectivity index (χ0n) is 9.73. The zero-order valence-corrected chi connectivity index (χ0v) is 10.5. The Bertz CT molecular complexity index is 351. The number of hydrogen-bond acceptors (Lipinski definition) is 3. The first-order chi connectivity index (χ1) is 7.54. The molecule has 2 unspecified atom stereocenters. The van der Waals surface area contributed by atoms with Gasteiger partial charge in [0.05, 0.1) is 5.92 Å². The lowest BCUT2D eigenvalue weighted by molar-refractivity contribution is -0.141. The van der Waals surface area contributed by atoms with Crippen molar-refractivity contribution in [2.24, 2.45) is 5.92 Å². The van der Waals surface area contributed by atoms with E-state index in [0.29, 0.717) is 0 Å². The highest BCUT2D eigenvalue weighted by atomic mass is 32.2. The summed E-state index contributed by atoms with van der Waals surface area (Å²) >= 11 is 1.69. The summed E-state index contributed by atoms with van der Waals surface area (Å²) in [6.07, 6.45) is 2.03. The van der Waals surface area contributed by atoms with Gasteiger partial charge in [-0.3, -0.25) is 4.79 Å². The fourth-order valence-corrected chi connectivity index (χ4v) is 1.70. The second-order valence-electron chi connectivity index (χ2n) is 3.79. The summed E-state index contributed by atoms with van der Waals surface area (Å²) in [4.78, 5) is 12.0. The average Bonchev–Trinajstić information content (AvgIpc) is 2.28. The molecule has 0 aliphatic rings. The summed E-state index contributed by atoms with van der Waals surface area (Å²) in [5.74, 6) is -1.18. The Hall–Kier alpha value is -1.16. The third-order valence-corrected chi connectivity index (χ3v) is 3.37. The van der Waals surface area contributed by atoms with Crippen molar-refractivity contribution < 1.29 is 9.90 Å². The van der Waals surface area contributed by atoms with Crippen LogP contribution in [0.5, 0.6) is 0 Å². The number of benzene rings is 1. The van der Waals surface area contributed by atoms with Crippen LogP contribution in [0, 0.1) is 5.92 Å². The van der Waals surface area contributed by atoms with Gasteiger partial charge in [-0.25, -0.2) is 0 Å². The molecule has 2 atom stereocenters. The minimum Gasteiger partial charge on any atom is -0.481 e. The van der Waals surface area contributed by atoms with Gasteiger partial charge in [0.2, 0.25) is 0 Å². The topological polar surface area (TPSA) is 49.3 Å². The summed E-state index contributed by atoms with van der Waals surface area (Å²) in [7, 11) is 0. The quantitative estimate of drug-likeness (QED) is 0.776. The van der Waals surface area contributed by atoms with Crippen molar-refractivity contribution in [2.75, 3.05) is 11.6 Å². The van der Waals surface area contributed by atoms with E-state index < -0.39 is 11.9 Å². The Morgan fingerprint density at radius 2 is 1.88 bits per heavy atom. The van der Waals surface area contributed by atoms with E-state index in [2.05, 4.69) is 5.32 Å². The first-order valence-electron chi connectivity index (χ1n) is 5.18. The van der Waals surface area contributed by atoms with Crippen LogP contribution in [-0.4, -0.2) is 23.4 Å². The van der Waals surface area contributed by atoms with Crippen LogP contribution >= 0.6 is 11.8 Å². The van der Waals surface area contributed by atoms with Crippen molar-refractivity contribution in [2.45, 2.75) is 24.8 Å². The molecule has 0 amide bonds. The van der Waals surface area contributed by atoms with Gasteiger partial charge in [0, 0.05) is 16.6 Å². The normalized spacial score (nSPS) is 14.2. The first kappa shape index (κ1) is 12.9. The lowest BCUT2D eigenvalue weighted by atomic mass is 10.0. The number of anilines is 1. The molecule has 1 rings (SSSR count). The largest absolute Gasteiger partial charge is 0.481 e. The average molecular weight is 239 g/mol. The van der Waals surface area contributed by atoms with Gasteiger partial charge in [-0.15, -0.1) is 11.8 Å². The molecule has 16 heavy (non-hydrogen) atoms. The Labute approximate surface area is 100 Å². The molecule has 1 aromatic rings. The highest BCUT2D eigenvalue weighted by Crippen LogP contribution is 2.19. The SMILES string of the molecule is CSc1ccc(NC(C)C(C)C(=O)O)cc1. The molecule has 0 bridgehead atoms. The predicted octanol–water partition coefficient (Wildman–Crippen LogP) is 2.93. The van der Waals surface area contributed by atoms with Gasteiger partial charge in [0.25, 0.3) is 0 Å². The second-order valence-corrected chi connectivity index (χ2v) is 4.67. The Kier molecular flexibility index (Phi) is 4.68. The van der Waals surface area contributed by atoms with Crippen LogP contribution in [0.4, 0.5) is 5.69 Å². The minimum atomic E-state index is -0.777. The third-order valence-electron chi connectivity index (χ3n) is 2.62. The smallest absolute Gasteiger partial charge is 0.308 e. The highest BCUT2D eigenvalue weighted by molar-refractivity contribution is 7.98. The predicted molar refractivity (Wildman–Crippen MR) is 68.1 cm³/mol. The lowest BCUT2D eigenvalue weighted by Gasteiger charge is -2.19. The van der Waals surface area contributed by atoms with E-state index in [9.17, 15) is 4.79 Å². The van der Waals surface area contributed by atoms with Gasteiger partial charge in [0.1, 0.15) is 0 Å². The molecule has 2 N–H and O–H groups in total. The molecule has 0 radical (unpaired) electrons. The fourth-order valence-electron chi connectivity index (χ4n) is 1.29. The molecule has 0 spiro atoms. The van der Waals surface area contributed by atoms with E-state index in [1.54, 1.807) is 18.7 Å². The number of carbonyl (C=O) groups is 1. The molecule has 1 aromatic carbocycles. The molecule has 3 nitrogen and oxygen atoms in total. The van der Waals surface area contributed by atoms with Crippen LogP contribution < -0.4 is 5.32 Å². The molecule has 0 saturated carbocycles. The standard InChI is InChI=1S/C12H17NO2S/c1-8(12(14)15)9(2)13-10-4-6-11(16-3)7-5-10/h4-9,13H,1-3H3,(H,14,15). The number of hydrogen-bond donors (Lipinski definition) is 2. The summed E-state index contributed by atoms with van der Waals surface area (Å²) in [5, 5.41) is 12.1. The van der Waals surface area contributed by atoms with Crippen LogP contribution in [-0.2, 0) is 4.79 Å². The maximum absolute atomic E-state index is 10.8. The number of nitrogens with one attached hydrogen (secondary N) is 1. The van der Waals surface area contributed by atoms with Crippen molar-refractivity contribution in [1.29, 1.82) is 0 Å². The van der Waals surface area contributed by atoms with E-state index in [1.165, 1.54) is 4.90 Å². The molecule has 0 aliphatic heterocycles. The molecule has 0 aliphatic carbocycles.